The van der Waals surface area contributed by atoms with E-state index in [1.54, 1.807) is 4.52 Å². The normalized spacial score (nSPS) is 22.4. The van der Waals surface area contributed by atoms with Gasteiger partial charge in [-0.15, -0.1) is 10.2 Å². The van der Waals surface area contributed by atoms with Gasteiger partial charge >= 0.3 is 0 Å². The van der Waals surface area contributed by atoms with Crippen LogP contribution in [-0.4, -0.2) is 38.1 Å². The minimum Gasteiger partial charge on any atom is -0.385 e. The summed E-state index contributed by atoms with van der Waals surface area (Å²) >= 11 is 1.30. The maximum Gasteiger partial charge on any atom is 0.234 e. The summed E-state index contributed by atoms with van der Waals surface area (Å²) in [6.45, 7) is 0.904. The molecule has 92 valence electrons. The Bertz CT molecular complexity index is 518. The fraction of sp³-hybridized carbons (Fsp3) is 0.667. The number of ether oxygens (including phenoxy) is 1. The number of hydrogen-bond donors (Lipinski definition) is 2. The first kappa shape index (κ1) is 11.0. The zero-order valence-electron chi connectivity index (χ0n) is 9.11. The molecule has 1 aliphatic rings. The lowest BCUT2D eigenvalue weighted by molar-refractivity contribution is 0.103. The van der Waals surface area contributed by atoms with Gasteiger partial charge in [-0.25, -0.2) is 0 Å². The van der Waals surface area contributed by atoms with E-state index in [9.17, 15) is 5.11 Å². The van der Waals surface area contributed by atoms with E-state index in [4.69, 9.17) is 10.5 Å². The molecule has 1 aliphatic heterocycles. The van der Waals surface area contributed by atoms with Gasteiger partial charge < -0.3 is 15.6 Å². The van der Waals surface area contributed by atoms with Crippen LogP contribution in [0.4, 0.5) is 0 Å². The first-order chi connectivity index (χ1) is 8.29. The number of hydrogen-bond acceptors (Lipinski definition) is 7. The fourth-order valence-electron chi connectivity index (χ4n) is 1.86. The van der Waals surface area contributed by atoms with Crippen LogP contribution in [0.1, 0.15) is 35.9 Å². The molecule has 0 radical (unpaired) electrons. The van der Waals surface area contributed by atoms with E-state index >= 15 is 0 Å². The molecule has 1 saturated heterocycles. The monoisotopic (exact) mass is 255 g/mol. The predicted octanol–water partition coefficient (Wildman–Crippen LogP) is 0.0294. The first-order valence-electron chi connectivity index (χ1n) is 5.51. The van der Waals surface area contributed by atoms with Crippen molar-refractivity contribution in [1.82, 2.24) is 19.8 Å². The number of nitrogens with two attached hydrogens (primary N) is 1. The lowest BCUT2D eigenvalue weighted by atomic mass is 10.2. The number of aromatic nitrogens is 4. The number of aliphatic hydroxyl groups excluding tert-OH is 1. The average molecular weight is 255 g/mol. The Morgan fingerprint density at radius 3 is 3.18 bits per heavy atom. The molecule has 2 aromatic heterocycles. The molecule has 3 rings (SSSR count). The topological polar surface area (TPSA) is 98.6 Å². The van der Waals surface area contributed by atoms with E-state index in [-0.39, 0.29) is 12.6 Å². The van der Waals surface area contributed by atoms with Crippen molar-refractivity contribution in [3.05, 3.63) is 10.8 Å². The standard InChI is InChI=1S/C9H13N5O2S/c10-4-5(15)8-13-14-7(6-2-1-3-16-6)11-12-9(14)17-8/h5-6,15H,1-4,10H2. The van der Waals surface area contributed by atoms with E-state index in [1.165, 1.54) is 11.3 Å². The van der Waals surface area contributed by atoms with Crippen LogP contribution in [0.3, 0.4) is 0 Å². The highest BCUT2D eigenvalue weighted by Crippen LogP contribution is 2.29. The van der Waals surface area contributed by atoms with Crippen molar-refractivity contribution in [2.75, 3.05) is 13.2 Å². The highest BCUT2D eigenvalue weighted by molar-refractivity contribution is 7.16. The van der Waals surface area contributed by atoms with Crippen LogP contribution in [0, 0.1) is 0 Å². The molecule has 0 bridgehead atoms. The largest absolute Gasteiger partial charge is 0.385 e. The van der Waals surface area contributed by atoms with Crippen LogP contribution < -0.4 is 5.73 Å². The van der Waals surface area contributed by atoms with Gasteiger partial charge in [-0.05, 0) is 12.8 Å². The molecule has 0 aliphatic carbocycles. The van der Waals surface area contributed by atoms with Gasteiger partial charge in [-0.1, -0.05) is 11.3 Å². The van der Waals surface area contributed by atoms with Gasteiger partial charge in [0.05, 0.1) is 0 Å². The number of aliphatic hydroxyl groups is 1. The van der Waals surface area contributed by atoms with Gasteiger partial charge in [0.15, 0.2) is 5.82 Å². The first-order valence-corrected chi connectivity index (χ1v) is 6.33. The van der Waals surface area contributed by atoms with E-state index in [1.807, 2.05) is 0 Å². The molecule has 2 aromatic rings. The summed E-state index contributed by atoms with van der Waals surface area (Å²) in [5.41, 5.74) is 5.40. The minimum absolute atomic E-state index is 0.0324. The van der Waals surface area contributed by atoms with Crippen LogP contribution >= 0.6 is 11.3 Å². The second kappa shape index (κ2) is 4.30. The number of rotatable bonds is 3. The van der Waals surface area contributed by atoms with E-state index in [0.717, 1.165) is 19.4 Å². The van der Waals surface area contributed by atoms with Crippen molar-refractivity contribution < 1.29 is 9.84 Å². The molecule has 2 unspecified atom stereocenters. The van der Waals surface area contributed by atoms with Gasteiger partial charge in [0.1, 0.15) is 17.2 Å². The Morgan fingerprint density at radius 1 is 1.59 bits per heavy atom. The Morgan fingerprint density at radius 2 is 2.47 bits per heavy atom. The molecule has 2 atom stereocenters. The summed E-state index contributed by atoms with van der Waals surface area (Å²) in [5.74, 6) is 0.712. The summed E-state index contributed by atoms with van der Waals surface area (Å²) in [6.07, 6.45) is 1.20. The molecule has 0 amide bonds. The summed E-state index contributed by atoms with van der Waals surface area (Å²) < 4.78 is 7.20. The van der Waals surface area contributed by atoms with Gasteiger partial charge in [-0.2, -0.15) is 9.61 Å². The quantitative estimate of drug-likeness (QED) is 0.802. The highest BCUT2D eigenvalue weighted by Gasteiger charge is 2.25. The van der Waals surface area contributed by atoms with Crippen LogP contribution in [0.5, 0.6) is 0 Å². The van der Waals surface area contributed by atoms with E-state index < -0.39 is 6.10 Å². The maximum atomic E-state index is 9.64. The Labute approximate surface area is 101 Å². The molecule has 8 heteroatoms. The molecule has 3 heterocycles. The van der Waals surface area contributed by atoms with Gasteiger partial charge in [0, 0.05) is 13.2 Å². The lowest BCUT2D eigenvalue weighted by Gasteiger charge is -2.04. The van der Waals surface area contributed by atoms with Crippen LogP contribution in [-0.2, 0) is 4.74 Å². The zero-order valence-corrected chi connectivity index (χ0v) is 9.93. The molecule has 3 N–H and O–H groups in total. The number of fused-ring (bicyclic) bond motifs is 1. The second-order valence-corrected chi connectivity index (χ2v) is 4.93. The molecular weight excluding hydrogens is 242 g/mol. The van der Waals surface area contributed by atoms with Crippen molar-refractivity contribution in [3.8, 4) is 0 Å². The van der Waals surface area contributed by atoms with Crippen molar-refractivity contribution in [2.24, 2.45) is 5.73 Å². The summed E-state index contributed by atoms with van der Waals surface area (Å²) in [7, 11) is 0. The smallest absolute Gasteiger partial charge is 0.234 e. The molecule has 0 aromatic carbocycles. The van der Waals surface area contributed by atoms with Crippen LogP contribution in [0.2, 0.25) is 0 Å². The fourth-order valence-corrected chi connectivity index (χ4v) is 2.71. The van der Waals surface area contributed by atoms with Crippen molar-refractivity contribution in [2.45, 2.75) is 25.0 Å². The van der Waals surface area contributed by atoms with Crippen molar-refractivity contribution >= 4 is 16.3 Å². The summed E-state index contributed by atoms with van der Waals surface area (Å²) in [5, 5.41) is 22.6. The minimum atomic E-state index is -0.737. The molecule has 0 saturated carbocycles. The third kappa shape index (κ3) is 1.82. The number of nitrogens with zero attached hydrogens (tertiary/aromatic N) is 4. The Kier molecular flexibility index (Phi) is 2.79. The van der Waals surface area contributed by atoms with E-state index in [2.05, 4.69) is 15.3 Å². The molecule has 1 fully saturated rings. The van der Waals surface area contributed by atoms with Crippen molar-refractivity contribution in [3.63, 3.8) is 0 Å². The maximum absolute atomic E-state index is 9.64. The van der Waals surface area contributed by atoms with Crippen LogP contribution in [0.25, 0.3) is 4.96 Å². The molecule has 0 spiro atoms. The zero-order chi connectivity index (χ0) is 11.8. The lowest BCUT2D eigenvalue weighted by Crippen LogP contribution is -2.12. The molecule has 17 heavy (non-hydrogen) atoms. The highest BCUT2D eigenvalue weighted by atomic mass is 32.1. The Hall–Kier alpha value is -1.09. The van der Waals surface area contributed by atoms with Crippen molar-refractivity contribution in [1.29, 1.82) is 0 Å². The van der Waals surface area contributed by atoms with Gasteiger partial charge in [-0.3, -0.25) is 0 Å². The third-order valence-corrected chi connectivity index (χ3v) is 3.76. The second-order valence-electron chi connectivity index (χ2n) is 3.95. The molecule has 7 nitrogen and oxygen atoms in total. The third-order valence-electron chi connectivity index (χ3n) is 2.76. The predicted molar refractivity (Wildman–Crippen MR) is 60.6 cm³/mol. The van der Waals surface area contributed by atoms with Gasteiger partial charge in [0.25, 0.3) is 0 Å². The summed E-state index contributed by atoms with van der Waals surface area (Å²) in [6, 6.07) is 0. The Balaban J connectivity index is 1.99. The van der Waals surface area contributed by atoms with Gasteiger partial charge in [0.2, 0.25) is 4.96 Å². The van der Waals surface area contributed by atoms with E-state index in [0.29, 0.717) is 15.8 Å². The molecular formula is C9H13N5O2S. The van der Waals surface area contributed by atoms with Crippen LogP contribution in [0.15, 0.2) is 0 Å². The SMILES string of the molecule is NCC(O)c1nn2c(C3CCCO3)nnc2s1. The summed E-state index contributed by atoms with van der Waals surface area (Å²) in [4.78, 5) is 0.665. The average Bonchev–Trinajstić information content (AvgIpc) is 3.02.